The highest BCUT2D eigenvalue weighted by Crippen LogP contribution is 2.22. The Morgan fingerprint density at radius 1 is 1.33 bits per heavy atom. The Bertz CT molecular complexity index is 1090. The number of nitriles is 1. The van der Waals surface area contributed by atoms with Crippen LogP contribution in [0.25, 0.3) is 11.1 Å². The highest BCUT2D eigenvalue weighted by molar-refractivity contribution is 6.12. The number of nitrogens with one attached hydrogen (secondary N) is 1. The first-order valence-electron chi connectivity index (χ1n) is 8.35. The van der Waals surface area contributed by atoms with E-state index in [9.17, 15) is 9.59 Å². The average Bonchev–Trinajstić information content (AvgIpc) is 2.98. The first kappa shape index (κ1) is 18.4. The molecule has 27 heavy (non-hydrogen) atoms. The van der Waals surface area contributed by atoms with Crippen LogP contribution in [0.5, 0.6) is 0 Å². The first-order valence-corrected chi connectivity index (χ1v) is 8.35. The van der Waals surface area contributed by atoms with Gasteiger partial charge in [-0.1, -0.05) is 0 Å². The molecule has 0 aliphatic rings. The second-order valence-electron chi connectivity index (χ2n) is 6.40. The summed E-state index contributed by atoms with van der Waals surface area (Å²) in [4.78, 5) is 31.7. The molecule has 1 aromatic carbocycles. The molecule has 0 fully saturated rings. The summed E-state index contributed by atoms with van der Waals surface area (Å²) in [5.74, 6) is -0.133. The lowest BCUT2D eigenvalue weighted by molar-refractivity contribution is 0.102. The summed E-state index contributed by atoms with van der Waals surface area (Å²) < 4.78 is 6.99. The van der Waals surface area contributed by atoms with E-state index < -0.39 is 5.91 Å². The number of benzene rings is 1. The Balaban J connectivity index is 1.98. The number of furan rings is 1. The molecule has 8 heteroatoms. The van der Waals surface area contributed by atoms with Crippen LogP contribution in [-0.4, -0.2) is 41.0 Å². The SMILES string of the molecule is Cc1oc2ncn(CCN(C)C)c(=O)c2c1C(=O)Nc1ccc(C#N)cc1. The number of aryl methyl sites for hydroxylation is 1. The Labute approximate surface area is 155 Å². The molecule has 2 heterocycles. The zero-order valence-corrected chi connectivity index (χ0v) is 15.3. The van der Waals surface area contributed by atoms with Gasteiger partial charge in [0.1, 0.15) is 17.5 Å². The van der Waals surface area contributed by atoms with Crippen molar-refractivity contribution in [3.63, 3.8) is 0 Å². The van der Waals surface area contributed by atoms with Gasteiger partial charge < -0.3 is 14.6 Å². The van der Waals surface area contributed by atoms with E-state index in [4.69, 9.17) is 9.68 Å². The van der Waals surface area contributed by atoms with Gasteiger partial charge in [0.25, 0.3) is 11.5 Å². The van der Waals surface area contributed by atoms with E-state index in [1.807, 2.05) is 25.1 Å². The van der Waals surface area contributed by atoms with Crippen molar-refractivity contribution in [3.05, 3.63) is 57.8 Å². The van der Waals surface area contributed by atoms with Gasteiger partial charge in [-0.15, -0.1) is 0 Å². The monoisotopic (exact) mass is 365 g/mol. The van der Waals surface area contributed by atoms with Crippen molar-refractivity contribution in [2.75, 3.05) is 26.0 Å². The number of likely N-dealkylation sites (N-methyl/N-ethyl adjacent to an activating group) is 1. The maximum atomic E-state index is 12.8. The molecule has 0 spiro atoms. The molecule has 1 N–H and O–H groups in total. The topological polar surface area (TPSA) is 104 Å². The van der Waals surface area contributed by atoms with Gasteiger partial charge in [0.05, 0.1) is 17.2 Å². The van der Waals surface area contributed by atoms with Crippen LogP contribution in [-0.2, 0) is 6.54 Å². The summed E-state index contributed by atoms with van der Waals surface area (Å²) in [6, 6.07) is 8.48. The zero-order valence-electron chi connectivity index (χ0n) is 15.3. The molecule has 8 nitrogen and oxygen atoms in total. The lowest BCUT2D eigenvalue weighted by Crippen LogP contribution is -2.27. The summed E-state index contributed by atoms with van der Waals surface area (Å²) in [6.45, 7) is 2.74. The predicted octanol–water partition coefficient (Wildman–Crippen LogP) is 1.98. The Morgan fingerprint density at radius 2 is 2.04 bits per heavy atom. The lowest BCUT2D eigenvalue weighted by Gasteiger charge is -2.10. The lowest BCUT2D eigenvalue weighted by atomic mass is 10.1. The number of rotatable bonds is 5. The average molecular weight is 365 g/mol. The largest absolute Gasteiger partial charge is 0.442 e. The number of nitrogens with zero attached hydrogens (tertiary/aromatic N) is 4. The van der Waals surface area contributed by atoms with Gasteiger partial charge in [-0.3, -0.25) is 14.2 Å². The third-order valence-electron chi connectivity index (χ3n) is 4.14. The van der Waals surface area contributed by atoms with E-state index in [-0.39, 0.29) is 22.2 Å². The first-order chi connectivity index (χ1) is 12.9. The Hall–Kier alpha value is -3.44. The number of anilines is 1. The molecule has 0 radical (unpaired) electrons. The third-order valence-corrected chi connectivity index (χ3v) is 4.14. The van der Waals surface area contributed by atoms with Gasteiger partial charge in [0, 0.05) is 18.8 Å². The van der Waals surface area contributed by atoms with Crippen LogP contribution in [0.1, 0.15) is 21.7 Å². The fourth-order valence-corrected chi connectivity index (χ4v) is 2.70. The van der Waals surface area contributed by atoms with Crippen LogP contribution in [0.2, 0.25) is 0 Å². The molecule has 0 saturated carbocycles. The van der Waals surface area contributed by atoms with Gasteiger partial charge in [0.2, 0.25) is 5.71 Å². The maximum absolute atomic E-state index is 12.8. The number of carbonyl (C=O) groups excluding carboxylic acids is 1. The fraction of sp³-hybridized carbons (Fsp3) is 0.263. The van der Waals surface area contributed by atoms with Crippen LogP contribution in [0.15, 0.2) is 39.8 Å². The molecule has 2 aromatic heterocycles. The normalized spacial score (nSPS) is 10.9. The maximum Gasteiger partial charge on any atom is 0.265 e. The Morgan fingerprint density at radius 3 is 2.67 bits per heavy atom. The van der Waals surface area contributed by atoms with Crippen LogP contribution >= 0.6 is 0 Å². The van der Waals surface area contributed by atoms with E-state index in [0.29, 0.717) is 30.1 Å². The van der Waals surface area contributed by atoms with Gasteiger partial charge in [-0.2, -0.15) is 5.26 Å². The number of fused-ring (bicyclic) bond motifs is 1. The summed E-state index contributed by atoms with van der Waals surface area (Å²) in [5, 5.41) is 11.8. The molecule has 0 bridgehead atoms. The number of aromatic nitrogens is 2. The van der Waals surface area contributed by atoms with Crippen molar-refractivity contribution in [2.45, 2.75) is 13.5 Å². The second-order valence-corrected chi connectivity index (χ2v) is 6.40. The molecule has 1 amide bonds. The molecule has 0 aliphatic carbocycles. The van der Waals surface area contributed by atoms with E-state index in [1.165, 1.54) is 10.9 Å². The van der Waals surface area contributed by atoms with Crippen molar-refractivity contribution in [1.29, 1.82) is 5.26 Å². The molecule has 0 saturated heterocycles. The molecule has 138 valence electrons. The van der Waals surface area contributed by atoms with Crippen LogP contribution in [0.3, 0.4) is 0 Å². The van der Waals surface area contributed by atoms with Crippen molar-refractivity contribution in [1.82, 2.24) is 14.5 Å². The quantitative estimate of drug-likeness (QED) is 0.741. The highest BCUT2D eigenvalue weighted by atomic mass is 16.3. The van der Waals surface area contributed by atoms with Crippen LogP contribution in [0, 0.1) is 18.3 Å². The van der Waals surface area contributed by atoms with Crippen LogP contribution < -0.4 is 10.9 Å². The number of hydrogen-bond acceptors (Lipinski definition) is 6. The minimum Gasteiger partial charge on any atom is -0.442 e. The molecular formula is C19H19N5O3. The molecule has 3 rings (SSSR count). The van der Waals surface area contributed by atoms with Gasteiger partial charge in [-0.25, -0.2) is 4.98 Å². The van der Waals surface area contributed by atoms with E-state index >= 15 is 0 Å². The molecule has 0 aliphatic heterocycles. The smallest absolute Gasteiger partial charge is 0.265 e. The van der Waals surface area contributed by atoms with Crippen molar-refractivity contribution in [2.24, 2.45) is 0 Å². The minimum absolute atomic E-state index is 0.142. The number of carbonyl (C=O) groups is 1. The standard InChI is InChI=1S/C19H19N5O3/c1-12-15(17(25)22-14-6-4-13(10-20)5-7-14)16-18(27-12)21-11-24(19(16)26)9-8-23(2)3/h4-7,11H,8-9H2,1-3H3,(H,22,25). The van der Waals surface area contributed by atoms with Crippen LogP contribution in [0.4, 0.5) is 5.69 Å². The second kappa shape index (κ2) is 7.43. The molecule has 3 aromatic rings. The summed E-state index contributed by atoms with van der Waals surface area (Å²) in [7, 11) is 3.82. The summed E-state index contributed by atoms with van der Waals surface area (Å²) in [5.41, 5.74) is 1.01. The van der Waals surface area contributed by atoms with Crippen molar-refractivity contribution in [3.8, 4) is 6.07 Å². The number of amides is 1. The molecular weight excluding hydrogens is 346 g/mol. The Kier molecular flexibility index (Phi) is 5.05. The van der Waals surface area contributed by atoms with Gasteiger partial charge in [0.15, 0.2) is 0 Å². The fourth-order valence-electron chi connectivity index (χ4n) is 2.70. The third kappa shape index (κ3) is 3.73. The van der Waals surface area contributed by atoms with E-state index in [0.717, 1.165) is 0 Å². The minimum atomic E-state index is -0.458. The van der Waals surface area contributed by atoms with Crippen molar-refractivity contribution >= 4 is 22.7 Å². The summed E-state index contributed by atoms with van der Waals surface area (Å²) >= 11 is 0. The van der Waals surface area contributed by atoms with Gasteiger partial charge in [-0.05, 0) is 45.3 Å². The number of hydrogen-bond donors (Lipinski definition) is 1. The highest BCUT2D eigenvalue weighted by Gasteiger charge is 2.23. The van der Waals surface area contributed by atoms with Crippen molar-refractivity contribution < 1.29 is 9.21 Å². The van der Waals surface area contributed by atoms with E-state index in [2.05, 4.69) is 10.3 Å². The predicted molar refractivity (Wildman–Crippen MR) is 101 cm³/mol. The zero-order chi connectivity index (χ0) is 19.6. The summed E-state index contributed by atoms with van der Waals surface area (Å²) in [6.07, 6.45) is 1.43. The molecule has 0 atom stereocenters. The van der Waals surface area contributed by atoms with Gasteiger partial charge >= 0.3 is 0 Å². The molecule has 0 unspecified atom stereocenters. The van der Waals surface area contributed by atoms with E-state index in [1.54, 1.807) is 31.2 Å².